The van der Waals surface area contributed by atoms with Crippen molar-refractivity contribution >= 4 is 51.3 Å². The number of thiazole rings is 1. The van der Waals surface area contributed by atoms with Crippen LogP contribution in [-0.4, -0.2) is 23.5 Å². The van der Waals surface area contributed by atoms with Gasteiger partial charge in [-0.2, -0.15) is 0 Å². The van der Waals surface area contributed by atoms with Crippen molar-refractivity contribution in [2.45, 2.75) is 6.92 Å². The number of benzene rings is 1. The molecule has 1 amide bonds. The lowest BCUT2D eigenvalue weighted by Gasteiger charge is -2.03. The molecule has 25 heavy (non-hydrogen) atoms. The van der Waals surface area contributed by atoms with Crippen LogP contribution in [-0.2, 0) is 9.53 Å². The summed E-state index contributed by atoms with van der Waals surface area (Å²) in [4.78, 5) is 29.6. The first-order valence-corrected chi connectivity index (χ1v) is 9.34. The Bertz CT molecular complexity index is 920. The van der Waals surface area contributed by atoms with Crippen molar-refractivity contribution in [1.82, 2.24) is 4.98 Å². The molecule has 128 valence electrons. The highest BCUT2D eigenvalue weighted by atomic mass is 35.5. The number of nitrogens with one attached hydrogen (secondary N) is 1. The molecule has 0 atom stereocenters. The van der Waals surface area contributed by atoms with Crippen LogP contribution in [0.5, 0.6) is 0 Å². The molecule has 0 fully saturated rings. The minimum Gasteiger partial charge on any atom is -0.451 e. The Kier molecular flexibility index (Phi) is 5.47. The van der Waals surface area contributed by atoms with E-state index in [9.17, 15) is 9.59 Å². The van der Waals surface area contributed by atoms with Gasteiger partial charge in [0.25, 0.3) is 5.91 Å². The van der Waals surface area contributed by atoms with Crippen LogP contribution in [0.1, 0.15) is 14.5 Å². The van der Waals surface area contributed by atoms with Crippen LogP contribution in [0, 0.1) is 6.92 Å². The highest BCUT2D eigenvalue weighted by molar-refractivity contribution is 7.14. The fourth-order valence-electron chi connectivity index (χ4n) is 2.03. The summed E-state index contributed by atoms with van der Waals surface area (Å²) < 4.78 is 5.00. The summed E-state index contributed by atoms with van der Waals surface area (Å²) in [5, 5.41) is 5.43. The number of nitrogens with zero attached hydrogens (tertiary/aromatic N) is 1. The van der Waals surface area contributed by atoms with Gasteiger partial charge in [0.15, 0.2) is 11.7 Å². The lowest BCUT2D eigenvalue weighted by molar-refractivity contribution is -0.119. The van der Waals surface area contributed by atoms with Crippen molar-refractivity contribution in [3.05, 3.63) is 56.6 Å². The van der Waals surface area contributed by atoms with Gasteiger partial charge in [-0.15, -0.1) is 22.7 Å². The Balaban J connectivity index is 1.57. The molecule has 0 bridgehead atoms. The maximum Gasteiger partial charge on any atom is 0.348 e. The number of hydrogen-bond donors (Lipinski definition) is 1. The van der Waals surface area contributed by atoms with E-state index in [1.54, 1.807) is 17.5 Å². The lowest BCUT2D eigenvalue weighted by Crippen LogP contribution is -2.20. The lowest BCUT2D eigenvalue weighted by atomic mass is 10.2. The van der Waals surface area contributed by atoms with Gasteiger partial charge in [-0.25, -0.2) is 9.78 Å². The van der Waals surface area contributed by atoms with Gasteiger partial charge in [0.1, 0.15) is 4.88 Å². The number of aryl methyl sites for hydroxylation is 1. The molecule has 3 rings (SSSR count). The number of thiophene rings is 1. The summed E-state index contributed by atoms with van der Waals surface area (Å²) >= 11 is 8.74. The van der Waals surface area contributed by atoms with E-state index in [1.807, 2.05) is 31.2 Å². The highest BCUT2D eigenvalue weighted by Gasteiger charge is 2.14. The first-order chi connectivity index (χ1) is 12.0. The second-order valence-electron chi connectivity index (χ2n) is 5.05. The fraction of sp³-hybridized carbons (Fsp3) is 0.118. The van der Waals surface area contributed by atoms with E-state index in [1.165, 1.54) is 22.7 Å². The third-order valence-electron chi connectivity index (χ3n) is 3.18. The van der Waals surface area contributed by atoms with E-state index < -0.39 is 11.9 Å². The summed E-state index contributed by atoms with van der Waals surface area (Å²) in [6, 6.07) is 10.8. The van der Waals surface area contributed by atoms with Gasteiger partial charge in [-0.1, -0.05) is 29.8 Å². The quantitative estimate of drug-likeness (QED) is 0.643. The van der Waals surface area contributed by atoms with Crippen molar-refractivity contribution < 1.29 is 14.3 Å². The van der Waals surface area contributed by atoms with Gasteiger partial charge in [-0.05, 0) is 25.1 Å². The molecule has 0 spiro atoms. The SMILES string of the molecule is Cc1ccc(C(=O)OCC(=O)Nc2nc(-c3ccccc3Cl)cs2)s1. The van der Waals surface area contributed by atoms with E-state index in [0.29, 0.717) is 20.7 Å². The van der Waals surface area contributed by atoms with Crippen LogP contribution >= 0.6 is 34.3 Å². The Morgan fingerprint density at radius 3 is 2.76 bits per heavy atom. The smallest absolute Gasteiger partial charge is 0.348 e. The molecule has 0 saturated heterocycles. The maximum absolute atomic E-state index is 11.9. The predicted octanol–water partition coefficient (Wildman–Crippen LogP) is 4.63. The molecule has 3 aromatic rings. The van der Waals surface area contributed by atoms with Gasteiger partial charge in [0.05, 0.1) is 5.69 Å². The summed E-state index contributed by atoms with van der Waals surface area (Å²) in [5.74, 6) is -0.953. The Hall–Kier alpha value is -2.22. The maximum atomic E-state index is 11.9. The summed E-state index contributed by atoms with van der Waals surface area (Å²) in [7, 11) is 0. The van der Waals surface area contributed by atoms with Gasteiger partial charge in [-0.3, -0.25) is 10.1 Å². The molecule has 0 radical (unpaired) electrons. The molecule has 0 aliphatic carbocycles. The van der Waals surface area contributed by atoms with Gasteiger partial charge in [0, 0.05) is 20.8 Å². The summed E-state index contributed by atoms with van der Waals surface area (Å²) in [6.07, 6.45) is 0. The van der Waals surface area contributed by atoms with Crippen molar-refractivity contribution in [3.63, 3.8) is 0 Å². The minimum absolute atomic E-state index is 0.364. The van der Waals surface area contributed by atoms with E-state index in [4.69, 9.17) is 16.3 Å². The number of ether oxygens (including phenoxy) is 1. The number of amides is 1. The zero-order chi connectivity index (χ0) is 17.8. The second-order valence-corrected chi connectivity index (χ2v) is 7.61. The number of rotatable bonds is 5. The molecular weight excluding hydrogens is 380 g/mol. The Morgan fingerprint density at radius 2 is 2.04 bits per heavy atom. The molecule has 1 aromatic carbocycles. The number of anilines is 1. The van der Waals surface area contributed by atoms with E-state index in [2.05, 4.69) is 10.3 Å². The predicted molar refractivity (Wildman–Crippen MR) is 101 cm³/mol. The van der Waals surface area contributed by atoms with Crippen molar-refractivity contribution in [2.24, 2.45) is 0 Å². The number of halogens is 1. The molecule has 1 N–H and O–H groups in total. The molecule has 8 heteroatoms. The number of hydrogen-bond acceptors (Lipinski definition) is 6. The zero-order valence-electron chi connectivity index (χ0n) is 13.1. The third-order valence-corrected chi connectivity index (χ3v) is 5.24. The second kappa shape index (κ2) is 7.77. The Labute approximate surface area is 157 Å². The van der Waals surface area contributed by atoms with Crippen LogP contribution in [0.3, 0.4) is 0 Å². The molecule has 0 aliphatic rings. The number of carbonyl (C=O) groups excluding carboxylic acids is 2. The van der Waals surface area contributed by atoms with Crippen LogP contribution in [0.15, 0.2) is 41.8 Å². The monoisotopic (exact) mass is 392 g/mol. The third kappa shape index (κ3) is 4.45. The molecule has 0 aliphatic heterocycles. The number of aromatic nitrogens is 1. The van der Waals surface area contributed by atoms with Gasteiger partial charge >= 0.3 is 5.97 Å². The van der Waals surface area contributed by atoms with Gasteiger partial charge < -0.3 is 4.74 Å². The highest BCUT2D eigenvalue weighted by Crippen LogP contribution is 2.30. The number of esters is 1. The topological polar surface area (TPSA) is 68.3 Å². The van der Waals surface area contributed by atoms with Crippen molar-refractivity contribution in [3.8, 4) is 11.3 Å². The van der Waals surface area contributed by atoms with E-state index in [0.717, 1.165) is 10.4 Å². The van der Waals surface area contributed by atoms with Crippen LogP contribution in [0.2, 0.25) is 5.02 Å². The Morgan fingerprint density at radius 1 is 1.24 bits per heavy atom. The first kappa shape index (κ1) is 17.6. The summed E-state index contributed by atoms with van der Waals surface area (Å²) in [6.45, 7) is 1.53. The van der Waals surface area contributed by atoms with E-state index >= 15 is 0 Å². The van der Waals surface area contributed by atoms with Gasteiger partial charge in [0.2, 0.25) is 0 Å². The average Bonchev–Trinajstić information content (AvgIpc) is 3.22. The number of carbonyl (C=O) groups is 2. The average molecular weight is 393 g/mol. The first-order valence-electron chi connectivity index (χ1n) is 7.27. The molecule has 5 nitrogen and oxygen atoms in total. The zero-order valence-corrected chi connectivity index (χ0v) is 15.5. The molecule has 0 unspecified atom stereocenters. The van der Waals surface area contributed by atoms with Crippen LogP contribution in [0.25, 0.3) is 11.3 Å². The van der Waals surface area contributed by atoms with Crippen LogP contribution in [0.4, 0.5) is 5.13 Å². The standard InChI is InChI=1S/C17H13ClN2O3S2/c1-10-6-7-14(25-10)16(22)23-8-15(21)20-17-19-13(9-24-17)11-4-2-3-5-12(11)18/h2-7,9H,8H2,1H3,(H,19,20,21). The fourth-order valence-corrected chi connectivity index (χ4v) is 3.75. The van der Waals surface area contributed by atoms with Crippen LogP contribution < -0.4 is 5.32 Å². The molecular formula is C17H13ClN2O3S2. The van der Waals surface area contributed by atoms with Crippen molar-refractivity contribution in [2.75, 3.05) is 11.9 Å². The molecule has 2 heterocycles. The normalized spacial score (nSPS) is 10.5. The largest absolute Gasteiger partial charge is 0.451 e. The minimum atomic E-state index is -0.510. The van der Waals surface area contributed by atoms with E-state index in [-0.39, 0.29) is 6.61 Å². The summed E-state index contributed by atoms with van der Waals surface area (Å²) in [5.41, 5.74) is 1.47. The van der Waals surface area contributed by atoms with Crippen molar-refractivity contribution in [1.29, 1.82) is 0 Å². The molecule has 0 saturated carbocycles. The molecule has 2 aromatic heterocycles.